The highest BCUT2D eigenvalue weighted by molar-refractivity contribution is 7.09. The maximum absolute atomic E-state index is 12.1. The summed E-state index contributed by atoms with van der Waals surface area (Å²) < 4.78 is 0. The van der Waals surface area contributed by atoms with E-state index in [0.29, 0.717) is 34.3 Å². The van der Waals surface area contributed by atoms with Gasteiger partial charge in [-0.15, -0.1) is 11.3 Å². The Balaban J connectivity index is 2.13. The number of nitrogens with two attached hydrogens (primary N) is 1. The van der Waals surface area contributed by atoms with Crippen molar-refractivity contribution in [1.29, 1.82) is 0 Å². The molecule has 100 valence electrons. The van der Waals surface area contributed by atoms with Crippen LogP contribution >= 0.6 is 34.5 Å². The summed E-state index contributed by atoms with van der Waals surface area (Å²) in [5.41, 5.74) is 6.63. The van der Waals surface area contributed by atoms with Gasteiger partial charge in [-0.2, -0.15) is 0 Å². The predicted octanol–water partition coefficient (Wildman–Crippen LogP) is 3.38. The van der Waals surface area contributed by atoms with E-state index in [1.54, 1.807) is 23.6 Å². The summed E-state index contributed by atoms with van der Waals surface area (Å²) in [4.78, 5) is 16.4. The van der Waals surface area contributed by atoms with Gasteiger partial charge in [0.05, 0.1) is 5.01 Å². The smallest absolute Gasteiger partial charge is 0.186 e. The van der Waals surface area contributed by atoms with E-state index >= 15 is 0 Å². The molecule has 0 amide bonds. The quantitative estimate of drug-likeness (QED) is 0.861. The van der Waals surface area contributed by atoms with Gasteiger partial charge in [-0.1, -0.05) is 23.2 Å². The molecule has 2 aromatic rings. The van der Waals surface area contributed by atoms with Gasteiger partial charge in [-0.05, 0) is 30.3 Å². The third kappa shape index (κ3) is 3.76. The minimum Gasteiger partial charge on any atom is -0.330 e. The molecule has 3 nitrogen and oxygen atoms in total. The number of carbonyl (C=O) groups excluding carboxylic acids is 1. The molecule has 0 saturated heterocycles. The van der Waals surface area contributed by atoms with Crippen LogP contribution < -0.4 is 5.73 Å². The van der Waals surface area contributed by atoms with Gasteiger partial charge in [0, 0.05) is 28.3 Å². The van der Waals surface area contributed by atoms with E-state index in [1.165, 1.54) is 11.3 Å². The fourth-order valence-electron chi connectivity index (χ4n) is 1.62. The number of benzene rings is 1. The Morgan fingerprint density at radius 2 is 2.16 bits per heavy atom. The van der Waals surface area contributed by atoms with Crippen molar-refractivity contribution in [3.05, 3.63) is 49.9 Å². The van der Waals surface area contributed by atoms with Crippen LogP contribution in [0, 0.1) is 0 Å². The first-order valence-corrected chi connectivity index (χ1v) is 7.35. The fraction of sp³-hybridized carbons (Fsp3) is 0.231. The largest absolute Gasteiger partial charge is 0.330 e. The van der Waals surface area contributed by atoms with Crippen molar-refractivity contribution in [2.45, 2.75) is 12.8 Å². The van der Waals surface area contributed by atoms with Gasteiger partial charge in [-0.25, -0.2) is 4.98 Å². The standard InChI is InChI=1S/C13H12Cl2N2OS/c14-9-1-2-10(15)8(5-9)6-12(18)11-7-19-13(17-11)3-4-16/h1-2,5,7H,3-4,6,16H2. The second-order valence-electron chi connectivity index (χ2n) is 4.00. The number of carbonyl (C=O) groups is 1. The van der Waals surface area contributed by atoms with E-state index in [9.17, 15) is 4.79 Å². The van der Waals surface area contributed by atoms with E-state index in [-0.39, 0.29) is 12.2 Å². The number of nitrogens with zero attached hydrogens (tertiary/aromatic N) is 1. The van der Waals surface area contributed by atoms with Crippen LogP contribution in [0.5, 0.6) is 0 Å². The maximum atomic E-state index is 12.1. The molecule has 0 saturated carbocycles. The average molecular weight is 315 g/mol. The van der Waals surface area contributed by atoms with Crippen molar-refractivity contribution in [1.82, 2.24) is 4.98 Å². The summed E-state index contributed by atoms with van der Waals surface area (Å²) in [5.74, 6) is -0.0660. The maximum Gasteiger partial charge on any atom is 0.186 e. The molecule has 0 atom stereocenters. The molecule has 0 fully saturated rings. The molecule has 2 N–H and O–H groups in total. The number of thiazole rings is 1. The van der Waals surface area contributed by atoms with E-state index in [2.05, 4.69) is 4.98 Å². The summed E-state index contributed by atoms with van der Waals surface area (Å²) in [7, 11) is 0. The molecule has 0 bridgehead atoms. The Hall–Kier alpha value is -0.940. The fourth-order valence-corrected chi connectivity index (χ4v) is 2.82. The van der Waals surface area contributed by atoms with Gasteiger partial charge in [0.2, 0.25) is 0 Å². The lowest BCUT2D eigenvalue weighted by molar-refractivity contribution is 0.0988. The molecule has 0 unspecified atom stereocenters. The molecule has 0 aliphatic heterocycles. The van der Waals surface area contributed by atoms with Gasteiger partial charge in [0.1, 0.15) is 5.69 Å². The second kappa shape index (κ2) is 6.48. The van der Waals surface area contributed by atoms with Crippen molar-refractivity contribution in [3.8, 4) is 0 Å². The molecule has 0 aliphatic carbocycles. The Bertz CT molecular complexity index is 598. The minimum atomic E-state index is -0.0660. The topological polar surface area (TPSA) is 56.0 Å². The first-order valence-electron chi connectivity index (χ1n) is 5.71. The molecular weight excluding hydrogens is 303 g/mol. The third-order valence-corrected chi connectivity index (χ3v) is 4.07. The average Bonchev–Trinajstić information content (AvgIpc) is 2.83. The van der Waals surface area contributed by atoms with E-state index in [0.717, 1.165) is 5.01 Å². The van der Waals surface area contributed by atoms with Gasteiger partial charge in [0.25, 0.3) is 0 Å². The van der Waals surface area contributed by atoms with Crippen molar-refractivity contribution in [2.24, 2.45) is 5.73 Å². The number of hydrogen-bond donors (Lipinski definition) is 1. The Morgan fingerprint density at radius 3 is 2.89 bits per heavy atom. The van der Waals surface area contributed by atoms with Crippen LogP contribution in [0.3, 0.4) is 0 Å². The first kappa shape index (κ1) is 14.5. The van der Waals surface area contributed by atoms with Crippen molar-refractivity contribution >= 4 is 40.3 Å². The number of aromatic nitrogens is 1. The lowest BCUT2D eigenvalue weighted by atomic mass is 10.1. The van der Waals surface area contributed by atoms with Crippen LogP contribution in [0.4, 0.5) is 0 Å². The zero-order valence-electron chi connectivity index (χ0n) is 10.0. The molecule has 0 radical (unpaired) electrons. The summed E-state index contributed by atoms with van der Waals surface area (Å²) in [6.07, 6.45) is 0.890. The van der Waals surface area contributed by atoms with Crippen LogP contribution in [0.1, 0.15) is 21.1 Å². The number of rotatable bonds is 5. The third-order valence-electron chi connectivity index (χ3n) is 2.55. The Kier molecular flexibility index (Phi) is 4.93. The number of Topliss-reactive ketones (excluding diaryl/α,β-unsaturated/α-hetero) is 1. The van der Waals surface area contributed by atoms with E-state index < -0.39 is 0 Å². The van der Waals surface area contributed by atoms with Gasteiger partial charge in [-0.3, -0.25) is 4.79 Å². The van der Waals surface area contributed by atoms with Crippen LogP contribution in [-0.2, 0) is 12.8 Å². The molecule has 1 aromatic carbocycles. The molecule has 19 heavy (non-hydrogen) atoms. The number of halogens is 2. The van der Waals surface area contributed by atoms with Crippen LogP contribution in [0.25, 0.3) is 0 Å². The first-order chi connectivity index (χ1) is 9.10. The summed E-state index contributed by atoms with van der Waals surface area (Å²) in [6.45, 7) is 0.529. The van der Waals surface area contributed by atoms with Crippen LogP contribution in [-0.4, -0.2) is 17.3 Å². The monoisotopic (exact) mass is 314 g/mol. The highest BCUT2D eigenvalue weighted by Crippen LogP contribution is 2.22. The molecule has 1 aromatic heterocycles. The minimum absolute atomic E-state index is 0.0660. The van der Waals surface area contributed by atoms with Crippen molar-refractivity contribution in [3.63, 3.8) is 0 Å². The summed E-state index contributed by atoms with van der Waals surface area (Å²) >= 11 is 13.4. The van der Waals surface area contributed by atoms with Crippen LogP contribution in [0.2, 0.25) is 10.0 Å². The van der Waals surface area contributed by atoms with Crippen molar-refractivity contribution in [2.75, 3.05) is 6.54 Å². The molecule has 1 heterocycles. The molecule has 0 aliphatic rings. The molecule has 2 rings (SSSR count). The Labute approximate surface area is 125 Å². The van der Waals surface area contributed by atoms with Gasteiger partial charge in [0.15, 0.2) is 5.78 Å². The molecular formula is C13H12Cl2N2OS. The number of hydrogen-bond acceptors (Lipinski definition) is 4. The van der Waals surface area contributed by atoms with Crippen molar-refractivity contribution < 1.29 is 4.79 Å². The van der Waals surface area contributed by atoms with Gasteiger partial charge >= 0.3 is 0 Å². The number of ketones is 1. The Morgan fingerprint density at radius 1 is 1.37 bits per heavy atom. The highest BCUT2D eigenvalue weighted by Gasteiger charge is 2.13. The SMILES string of the molecule is NCCc1nc(C(=O)Cc2cc(Cl)ccc2Cl)cs1. The molecule has 6 heteroatoms. The van der Waals surface area contributed by atoms with Gasteiger partial charge < -0.3 is 5.73 Å². The predicted molar refractivity (Wildman–Crippen MR) is 79.4 cm³/mol. The zero-order chi connectivity index (χ0) is 13.8. The zero-order valence-corrected chi connectivity index (χ0v) is 12.4. The van der Waals surface area contributed by atoms with E-state index in [4.69, 9.17) is 28.9 Å². The lowest BCUT2D eigenvalue weighted by Gasteiger charge is -2.03. The normalized spacial score (nSPS) is 10.7. The molecule has 0 spiro atoms. The summed E-state index contributed by atoms with van der Waals surface area (Å²) in [6, 6.07) is 5.09. The van der Waals surface area contributed by atoms with Crippen LogP contribution in [0.15, 0.2) is 23.6 Å². The summed E-state index contributed by atoms with van der Waals surface area (Å²) in [5, 5.41) is 3.73. The second-order valence-corrected chi connectivity index (χ2v) is 5.79. The lowest BCUT2D eigenvalue weighted by Crippen LogP contribution is -2.06. The highest BCUT2D eigenvalue weighted by atomic mass is 35.5. The van der Waals surface area contributed by atoms with E-state index in [1.807, 2.05) is 0 Å².